The molecule has 4 heterocycles. The summed E-state index contributed by atoms with van der Waals surface area (Å²) < 4.78 is 11.8. The Kier molecular flexibility index (Phi) is 5.20. The molecule has 1 spiro atoms. The first-order valence-corrected chi connectivity index (χ1v) is 10.2. The van der Waals surface area contributed by atoms with Crippen molar-refractivity contribution in [3.63, 3.8) is 0 Å². The topological polar surface area (TPSA) is 37.8 Å². The zero-order valence-corrected chi connectivity index (χ0v) is 15.5. The summed E-state index contributed by atoms with van der Waals surface area (Å²) in [5.74, 6) is 0.746. The third-order valence-electron chi connectivity index (χ3n) is 5.69. The number of hydrogen-bond acceptors (Lipinski definition) is 6. The molecule has 24 heavy (non-hydrogen) atoms. The van der Waals surface area contributed by atoms with Crippen molar-refractivity contribution in [2.45, 2.75) is 38.3 Å². The molecule has 1 aromatic rings. The lowest BCUT2D eigenvalue weighted by molar-refractivity contribution is -0.138. The Morgan fingerprint density at radius 3 is 2.83 bits per heavy atom. The van der Waals surface area contributed by atoms with Crippen LogP contribution in [0.1, 0.15) is 30.0 Å². The van der Waals surface area contributed by atoms with Gasteiger partial charge in [0.15, 0.2) is 0 Å². The van der Waals surface area contributed by atoms with E-state index in [9.17, 15) is 0 Å². The van der Waals surface area contributed by atoms with Gasteiger partial charge >= 0.3 is 0 Å². The fourth-order valence-electron chi connectivity index (χ4n) is 4.31. The Labute approximate surface area is 148 Å². The van der Waals surface area contributed by atoms with Gasteiger partial charge in [0.1, 0.15) is 0 Å². The van der Waals surface area contributed by atoms with Crippen molar-refractivity contribution >= 4 is 11.3 Å². The average Bonchev–Trinajstić information content (AvgIpc) is 3.22. The summed E-state index contributed by atoms with van der Waals surface area (Å²) in [4.78, 5) is 9.79. The van der Waals surface area contributed by atoms with Gasteiger partial charge in [-0.3, -0.25) is 4.90 Å². The summed E-state index contributed by atoms with van der Waals surface area (Å²) in [7, 11) is 0. The second-order valence-electron chi connectivity index (χ2n) is 7.63. The van der Waals surface area contributed by atoms with Crippen LogP contribution in [0.25, 0.3) is 0 Å². The molecule has 4 rings (SSSR count). The maximum Gasteiger partial charge on any atom is 0.0897 e. The SMILES string of the molecule is Cc1nc(CN2CCOC3(CCN(CC4CCOC4)CC3)C2)cs1. The molecule has 1 aromatic heterocycles. The minimum absolute atomic E-state index is 0.0754. The average molecular weight is 352 g/mol. The predicted octanol–water partition coefficient (Wildman–Crippen LogP) is 2.15. The molecule has 3 saturated heterocycles. The van der Waals surface area contributed by atoms with Crippen LogP contribution < -0.4 is 0 Å². The van der Waals surface area contributed by atoms with Crippen molar-refractivity contribution < 1.29 is 9.47 Å². The van der Waals surface area contributed by atoms with Crippen LogP contribution >= 0.6 is 11.3 Å². The van der Waals surface area contributed by atoms with Gasteiger partial charge in [-0.15, -0.1) is 11.3 Å². The molecule has 0 N–H and O–H groups in total. The lowest BCUT2D eigenvalue weighted by Gasteiger charge is -2.47. The van der Waals surface area contributed by atoms with E-state index in [4.69, 9.17) is 9.47 Å². The first-order valence-electron chi connectivity index (χ1n) is 9.28. The van der Waals surface area contributed by atoms with E-state index in [-0.39, 0.29) is 5.60 Å². The minimum atomic E-state index is 0.0754. The zero-order valence-electron chi connectivity index (χ0n) is 14.7. The van der Waals surface area contributed by atoms with Crippen LogP contribution in [-0.4, -0.2) is 72.9 Å². The highest BCUT2D eigenvalue weighted by atomic mass is 32.1. The minimum Gasteiger partial charge on any atom is -0.381 e. The number of hydrogen-bond donors (Lipinski definition) is 0. The van der Waals surface area contributed by atoms with Gasteiger partial charge in [0.2, 0.25) is 0 Å². The third kappa shape index (κ3) is 3.99. The summed E-state index contributed by atoms with van der Waals surface area (Å²) in [6, 6.07) is 0. The number of nitrogens with zero attached hydrogens (tertiary/aromatic N) is 3. The van der Waals surface area contributed by atoms with Gasteiger partial charge in [-0.1, -0.05) is 0 Å². The molecule has 5 nitrogen and oxygen atoms in total. The van der Waals surface area contributed by atoms with Crippen LogP contribution in [0, 0.1) is 12.8 Å². The highest BCUT2D eigenvalue weighted by Crippen LogP contribution is 2.31. The number of aryl methyl sites for hydroxylation is 1. The van der Waals surface area contributed by atoms with E-state index >= 15 is 0 Å². The Morgan fingerprint density at radius 2 is 2.12 bits per heavy atom. The molecule has 0 aromatic carbocycles. The van der Waals surface area contributed by atoms with E-state index in [0.29, 0.717) is 0 Å². The quantitative estimate of drug-likeness (QED) is 0.831. The second kappa shape index (κ2) is 7.38. The molecular formula is C18H29N3O2S. The number of aromatic nitrogens is 1. The number of thiazole rings is 1. The number of likely N-dealkylation sites (tertiary alicyclic amines) is 1. The monoisotopic (exact) mass is 351 g/mol. The largest absolute Gasteiger partial charge is 0.381 e. The molecule has 0 bridgehead atoms. The van der Waals surface area contributed by atoms with Gasteiger partial charge in [-0.2, -0.15) is 0 Å². The van der Waals surface area contributed by atoms with Gasteiger partial charge in [-0.05, 0) is 32.1 Å². The number of rotatable bonds is 4. The fourth-order valence-corrected chi connectivity index (χ4v) is 4.91. The number of morpholine rings is 1. The second-order valence-corrected chi connectivity index (χ2v) is 8.69. The van der Waals surface area contributed by atoms with E-state index in [1.807, 2.05) is 0 Å². The Balaban J connectivity index is 1.29. The predicted molar refractivity (Wildman–Crippen MR) is 95.4 cm³/mol. The van der Waals surface area contributed by atoms with Crippen molar-refractivity contribution in [3.05, 3.63) is 16.1 Å². The van der Waals surface area contributed by atoms with Crippen LogP contribution in [-0.2, 0) is 16.0 Å². The number of ether oxygens (including phenoxy) is 2. The molecule has 0 aliphatic carbocycles. The molecule has 0 saturated carbocycles. The van der Waals surface area contributed by atoms with Crippen LogP contribution in [0.2, 0.25) is 0 Å². The standard InChI is InChI=1S/C18H29N3O2S/c1-15-19-17(13-24-15)11-21-7-9-23-18(14-21)3-5-20(6-4-18)10-16-2-8-22-12-16/h13,16H,2-12,14H2,1H3. The summed E-state index contributed by atoms with van der Waals surface area (Å²) >= 11 is 1.75. The highest BCUT2D eigenvalue weighted by molar-refractivity contribution is 7.09. The molecule has 0 amide bonds. The van der Waals surface area contributed by atoms with E-state index in [0.717, 1.165) is 63.2 Å². The summed E-state index contributed by atoms with van der Waals surface area (Å²) in [6.07, 6.45) is 3.55. The zero-order chi connectivity index (χ0) is 16.4. The Bertz CT molecular complexity index is 536. The molecule has 3 aliphatic rings. The van der Waals surface area contributed by atoms with E-state index in [1.54, 1.807) is 11.3 Å². The van der Waals surface area contributed by atoms with Crippen molar-refractivity contribution in [2.75, 3.05) is 52.5 Å². The summed E-state index contributed by atoms with van der Waals surface area (Å²) in [5, 5.41) is 3.36. The fraction of sp³-hybridized carbons (Fsp3) is 0.833. The van der Waals surface area contributed by atoms with Crippen molar-refractivity contribution in [1.29, 1.82) is 0 Å². The van der Waals surface area contributed by atoms with Crippen molar-refractivity contribution in [2.24, 2.45) is 5.92 Å². The van der Waals surface area contributed by atoms with E-state index in [1.165, 1.54) is 31.7 Å². The summed E-state index contributed by atoms with van der Waals surface area (Å²) in [5.41, 5.74) is 1.29. The van der Waals surface area contributed by atoms with Crippen LogP contribution in [0.3, 0.4) is 0 Å². The maximum absolute atomic E-state index is 6.29. The molecule has 1 atom stereocenters. The lowest BCUT2D eigenvalue weighted by Crippen LogP contribution is -2.57. The van der Waals surface area contributed by atoms with E-state index in [2.05, 4.69) is 27.1 Å². The maximum atomic E-state index is 6.29. The molecule has 134 valence electrons. The van der Waals surface area contributed by atoms with Crippen LogP contribution in [0.4, 0.5) is 0 Å². The highest BCUT2D eigenvalue weighted by Gasteiger charge is 2.40. The summed E-state index contributed by atoms with van der Waals surface area (Å²) in [6.45, 7) is 11.5. The Morgan fingerprint density at radius 1 is 1.25 bits per heavy atom. The van der Waals surface area contributed by atoms with Gasteiger partial charge in [0, 0.05) is 51.3 Å². The number of piperidine rings is 1. The molecule has 3 fully saturated rings. The first kappa shape index (κ1) is 16.9. The van der Waals surface area contributed by atoms with Gasteiger partial charge in [0.25, 0.3) is 0 Å². The first-order chi connectivity index (χ1) is 11.7. The molecule has 3 aliphatic heterocycles. The third-order valence-corrected chi connectivity index (χ3v) is 6.51. The van der Waals surface area contributed by atoms with Crippen LogP contribution in [0.15, 0.2) is 5.38 Å². The smallest absolute Gasteiger partial charge is 0.0897 e. The molecule has 6 heteroatoms. The van der Waals surface area contributed by atoms with E-state index < -0.39 is 0 Å². The molecule has 0 radical (unpaired) electrons. The molecule has 1 unspecified atom stereocenters. The van der Waals surface area contributed by atoms with Crippen LogP contribution in [0.5, 0.6) is 0 Å². The molecular weight excluding hydrogens is 322 g/mol. The lowest BCUT2D eigenvalue weighted by atomic mass is 9.88. The van der Waals surface area contributed by atoms with Crippen molar-refractivity contribution in [1.82, 2.24) is 14.8 Å². The normalized spacial score (nSPS) is 28.6. The Hall–Kier alpha value is -0.530. The van der Waals surface area contributed by atoms with Gasteiger partial charge in [-0.25, -0.2) is 4.98 Å². The van der Waals surface area contributed by atoms with Crippen molar-refractivity contribution in [3.8, 4) is 0 Å². The van der Waals surface area contributed by atoms with Gasteiger partial charge in [0.05, 0.1) is 29.5 Å². The van der Waals surface area contributed by atoms with Gasteiger partial charge < -0.3 is 14.4 Å².